The molecule has 174 valence electrons. The molecule has 9 heteroatoms. The summed E-state index contributed by atoms with van der Waals surface area (Å²) in [6.07, 6.45) is 6.37. The first-order valence-corrected chi connectivity index (χ1v) is 11.0. The second-order valence-corrected chi connectivity index (χ2v) is 9.19. The standard InChI is InChI=1S/C24H28FN5O3/c1-24(2,3)33-23(32)28-18(15-16-6-8-17(25)9-7-16)21(31)29-13-4-5-19(29)20-10-11-26-22-27-12-14-30(20)22/h6-12,14,18-19H,4-5,13,15H2,1-3H3,(H,28,32). The van der Waals surface area contributed by atoms with Gasteiger partial charge in [-0.2, -0.15) is 0 Å². The molecule has 0 bridgehead atoms. The molecule has 2 aromatic heterocycles. The lowest BCUT2D eigenvalue weighted by Crippen LogP contribution is -2.50. The maximum absolute atomic E-state index is 13.7. The Kier molecular flexibility index (Phi) is 6.31. The van der Waals surface area contributed by atoms with E-state index in [9.17, 15) is 14.0 Å². The molecule has 4 rings (SSSR count). The number of ether oxygens (including phenoxy) is 1. The minimum atomic E-state index is -0.856. The predicted octanol–water partition coefficient (Wildman–Crippen LogP) is 3.67. The van der Waals surface area contributed by atoms with Crippen molar-refractivity contribution < 1.29 is 18.7 Å². The van der Waals surface area contributed by atoms with Crippen LogP contribution in [-0.4, -0.2) is 49.5 Å². The molecule has 0 radical (unpaired) electrons. The number of amides is 2. The van der Waals surface area contributed by atoms with E-state index < -0.39 is 17.7 Å². The Morgan fingerprint density at radius 1 is 1.18 bits per heavy atom. The smallest absolute Gasteiger partial charge is 0.408 e. The zero-order valence-corrected chi connectivity index (χ0v) is 19.0. The first kappa shape index (κ1) is 22.7. The van der Waals surface area contributed by atoms with Gasteiger partial charge in [0.15, 0.2) is 0 Å². The predicted molar refractivity (Wildman–Crippen MR) is 120 cm³/mol. The molecule has 0 aliphatic carbocycles. The largest absolute Gasteiger partial charge is 0.444 e. The average molecular weight is 454 g/mol. The number of imidazole rings is 1. The van der Waals surface area contributed by atoms with Crippen molar-refractivity contribution in [1.29, 1.82) is 0 Å². The highest BCUT2D eigenvalue weighted by molar-refractivity contribution is 5.86. The van der Waals surface area contributed by atoms with Gasteiger partial charge in [-0.05, 0) is 57.4 Å². The van der Waals surface area contributed by atoms with Gasteiger partial charge in [0, 0.05) is 37.3 Å². The molecule has 2 unspecified atom stereocenters. The van der Waals surface area contributed by atoms with Crippen LogP contribution in [0.15, 0.2) is 48.9 Å². The highest BCUT2D eigenvalue weighted by Gasteiger charge is 2.36. The Morgan fingerprint density at radius 3 is 2.64 bits per heavy atom. The fourth-order valence-corrected chi connectivity index (χ4v) is 4.17. The molecule has 8 nitrogen and oxygen atoms in total. The first-order chi connectivity index (χ1) is 15.7. The Morgan fingerprint density at radius 2 is 1.91 bits per heavy atom. The van der Waals surface area contributed by atoms with Crippen LogP contribution in [0.1, 0.15) is 50.9 Å². The van der Waals surface area contributed by atoms with Crippen molar-refractivity contribution in [3.63, 3.8) is 0 Å². The molecule has 1 aromatic carbocycles. The van der Waals surface area contributed by atoms with E-state index in [1.54, 1.807) is 50.2 Å². The van der Waals surface area contributed by atoms with Crippen molar-refractivity contribution in [2.45, 2.75) is 57.7 Å². The van der Waals surface area contributed by atoms with Gasteiger partial charge in [-0.3, -0.25) is 9.20 Å². The van der Waals surface area contributed by atoms with Crippen LogP contribution in [0.2, 0.25) is 0 Å². The third-order valence-corrected chi connectivity index (χ3v) is 5.55. The second kappa shape index (κ2) is 9.17. The number of carbonyl (C=O) groups excluding carboxylic acids is 2. The van der Waals surface area contributed by atoms with Gasteiger partial charge in [-0.1, -0.05) is 12.1 Å². The highest BCUT2D eigenvalue weighted by atomic mass is 19.1. The monoisotopic (exact) mass is 453 g/mol. The van der Waals surface area contributed by atoms with Gasteiger partial charge in [-0.25, -0.2) is 19.2 Å². The minimum absolute atomic E-state index is 0.173. The lowest BCUT2D eigenvalue weighted by Gasteiger charge is -2.30. The summed E-state index contributed by atoms with van der Waals surface area (Å²) >= 11 is 0. The summed E-state index contributed by atoms with van der Waals surface area (Å²) in [4.78, 5) is 36.5. The maximum Gasteiger partial charge on any atom is 0.408 e. The molecule has 33 heavy (non-hydrogen) atoms. The molecular formula is C24H28FN5O3. The normalized spacial score (nSPS) is 17.2. The summed E-state index contributed by atoms with van der Waals surface area (Å²) in [5.74, 6) is 0.00248. The lowest BCUT2D eigenvalue weighted by molar-refractivity contribution is -0.134. The Hall–Kier alpha value is -3.49. The third kappa shape index (κ3) is 5.30. The number of alkyl carbamates (subject to hydrolysis) is 1. The van der Waals surface area contributed by atoms with E-state index in [4.69, 9.17) is 4.74 Å². The molecule has 2 atom stereocenters. The van der Waals surface area contributed by atoms with Crippen LogP contribution in [0.25, 0.3) is 5.78 Å². The van der Waals surface area contributed by atoms with Crippen LogP contribution >= 0.6 is 0 Å². The van der Waals surface area contributed by atoms with Crippen molar-refractivity contribution in [3.8, 4) is 0 Å². The first-order valence-electron chi connectivity index (χ1n) is 11.0. The molecule has 2 amide bonds. The van der Waals surface area contributed by atoms with E-state index in [-0.39, 0.29) is 24.2 Å². The SMILES string of the molecule is CC(C)(C)OC(=O)NC(Cc1ccc(F)cc1)C(=O)N1CCCC1c1ccnc2nccn12. The fourth-order valence-electron chi connectivity index (χ4n) is 4.17. The van der Waals surface area contributed by atoms with Crippen molar-refractivity contribution >= 4 is 17.8 Å². The summed E-state index contributed by atoms with van der Waals surface area (Å²) in [7, 11) is 0. The van der Waals surface area contributed by atoms with E-state index in [1.165, 1.54) is 12.1 Å². The topological polar surface area (TPSA) is 88.8 Å². The van der Waals surface area contributed by atoms with Crippen LogP contribution < -0.4 is 5.32 Å². The molecule has 0 spiro atoms. The molecule has 1 fully saturated rings. The van der Waals surface area contributed by atoms with E-state index in [0.717, 1.165) is 24.1 Å². The molecule has 0 saturated carbocycles. The quantitative estimate of drug-likeness (QED) is 0.637. The summed E-state index contributed by atoms with van der Waals surface area (Å²) in [5.41, 5.74) is 0.956. The molecule has 1 N–H and O–H groups in total. The second-order valence-electron chi connectivity index (χ2n) is 9.19. The third-order valence-electron chi connectivity index (χ3n) is 5.55. The molecule has 1 saturated heterocycles. The average Bonchev–Trinajstić information content (AvgIpc) is 3.42. The van der Waals surface area contributed by atoms with Crippen LogP contribution in [0.4, 0.5) is 9.18 Å². The fraction of sp³-hybridized carbons (Fsp3) is 0.417. The van der Waals surface area contributed by atoms with Gasteiger partial charge >= 0.3 is 6.09 Å². The Bertz CT molecular complexity index is 1140. The van der Waals surface area contributed by atoms with Crippen molar-refractivity contribution in [3.05, 3.63) is 66.0 Å². The van der Waals surface area contributed by atoms with Crippen LogP contribution in [-0.2, 0) is 16.0 Å². The number of nitrogens with zero attached hydrogens (tertiary/aromatic N) is 4. The van der Waals surface area contributed by atoms with Gasteiger partial charge in [0.25, 0.3) is 0 Å². The van der Waals surface area contributed by atoms with E-state index >= 15 is 0 Å². The number of rotatable bonds is 5. The highest BCUT2D eigenvalue weighted by Crippen LogP contribution is 2.32. The van der Waals surface area contributed by atoms with E-state index in [0.29, 0.717) is 12.3 Å². The number of halogens is 1. The molecule has 1 aliphatic heterocycles. The lowest BCUT2D eigenvalue weighted by atomic mass is 10.0. The number of aromatic nitrogens is 3. The number of carbonyl (C=O) groups is 2. The van der Waals surface area contributed by atoms with E-state index in [1.807, 2.05) is 16.7 Å². The van der Waals surface area contributed by atoms with Gasteiger partial charge in [0.1, 0.15) is 17.5 Å². The minimum Gasteiger partial charge on any atom is -0.444 e. The van der Waals surface area contributed by atoms with Gasteiger partial charge in [-0.15, -0.1) is 0 Å². The zero-order valence-electron chi connectivity index (χ0n) is 19.0. The maximum atomic E-state index is 13.7. The summed E-state index contributed by atoms with van der Waals surface area (Å²) in [6, 6.07) is 6.78. The summed E-state index contributed by atoms with van der Waals surface area (Å²) < 4.78 is 20.7. The molecule has 1 aliphatic rings. The zero-order chi connectivity index (χ0) is 23.6. The molecule has 3 heterocycles. The van der Waals surface area contributed by atoms with E-state index in [2.05, 4.69) is 15.3 Å². The number of nitrogens with one attached hydrogen (secondary N) is 1. The van der Waals surface area contributed by atoms with Crippen LogP contribution in [0, 0.1) is 5.82 Å². The van der Waals surface area contributed by atoms with Crippen LogP contribution in [0.5, 0.6) is 0 Å². The van der Waals surface area contributed by atoms with Gasteiger partial charge in [0.05, 0.1) is 6.04 Å². The summed E-state index contributed by atoms with van der Waals surface area (Å²) in [5, 5.41) is 2.74. The van der Waals surface area contributed by atoms with Gasteiger partial charge < -0.3 is 15.0 Å². The van der Waals surface area contributed by atoms with Crippen LogP contribution in [0.3, 0.4) is 0 Å². The Labute approximate surface area is 191 Å². The van der Waals surface area contributed by atoms with Gasteiger partial charge in [0.2, 0.25) is 11.7 Å². The number of hydrogen-bond acceptors (Lipinski definition) is 5. The Balaban J connectivity index is 1.60. The molecule has 3 aromatic rings. The number of benzene rings is 1. The number of likely N-dealkylation sites (tertiary alicyclic amines) is 1. The summed E-state index contributed by atoms with van der Waals surface area (Å²) in [6.45, 7) is 5.86. The van der Waals surface area contributed by atoms with Crippen molar-refractivity contribution in [2.75, 3.05) is 6.54 Å². The van der Waals surface area contributed by atoms with Crippen molar-refractivity contribution in [2.24, 2.45) is 0 Å². The molecular weight excluding hydrogens is 425 g/mol. The van der Waals surface area contributed by atoms with Crippen molar-refractivity contribution in [1.82, 2.24) is 24.6 Å². The number of fused-ring (bicyclic) bond motifs is 1. The number of hydrogen-bond donors (Lipinski definition) is 1.